The number of amides is 1. The standard InChI is InChI=1S/C33H41N7O4/c1-5-27-33(44-26-9-7-8-23(20-26)34-31(42)6-2)37-32(28(22-41)36-27)35-24-10-11-29(30(21-24)43-4)40-14-12-25(13-15-40)39-18-16-38(3)17-19-39/h6-11,20-22,25H,2,5,12-19H2,1,3-4H3,(H,34,42)(H,35,37). The Hall–Kier alpha value is -4.48. The molecule has 3 heterocycles. The molecule has 0 atom stereocenters. The smallest absolute Gasteiger partial charge is 0.247 e. The third-order valence-corrected chi connectivity index (χ3v) is 8.21. The molecule has 5 rings (SSSR count). The number of rotatable bonds is 11. The molecule has 2 aromatic carbocycles. The van der Waals surface area contributed by atoms with E-state index in [0.29, 0.717) is 41.6 Å². The largest absolute Gasteiger partial charge is 0.495 e. The summed E-state index contributed by atoms with van der Waals surface area (Å²) in [6.07, 6.45) is 4.63. The summed E-state index contributed by atoms with van der Waals surface area (Å²) < 4.78 is 11.9. The van der Waals surface area contributed by atoms with Crippen LogP contribution in [0.1, 0.15) is 35.9 Å². The van der Waals surface area contributed by atoms with E-state index in [1.165, 1.54) is 6.08 Å². The number of hydrogen-bond acceptors (Lipinski definition) is 10. The lowest BCUT2D eigenvalue weighted by atomic mass is 10.0. The van der Waals surface area contributed by atoms with Gasteiger partial charge in [-0.25, -0.2) is 4.98 Å². The van der Waals surface area contributed by atoms with Crippen LogP contribution in [0.25, 0.3) is 0 Å². The molecular weight excluding hydrogens is 558 g/mol. The van der Waals surface area contributed by atoms with Crippen molar-refractivity contribution >= 4 is 35.1 Å². The summed E-state index contributed by atoms with van der Waals surface area (Å²) in [6, 6.07) is 13.5. The number of aromatic nitrogens is 2. The molecule has 2 aliphatic rings. The number of anilines is 4. The summed E-state index contributed by atoms with van der Waals surface area (Å²) >= 11 is 0. The second kappa shape index (κ2) is 14.3. The zero-order valence-electron chi connectivity index (χ0n) is 25.7. The van der Waals surface area contributed by atoms with Crippen molar-refractivity contribution in [1.29, 1.82) is 0 Å². The van der Waals surface area contributed by atoms with Crippen LogP contribution >= 0.6 is 0 Å². The summed E-state index contributed by atoms with van der Waals surface area (Å²) in [5, 5.41) is 5.96. The maximum atomic E-state index is 12.0. The first-order valence-corrected chi connectivity index (χ1v) is 15.1. The molecular formula is C33H41N7O4. The number of nitrogens with one attached hydrogen (secondary N) is 2. The summed E-state index contributed by atoms with van der Waals surface area (Å²) in [4.78, 5) is 40.3. The number of nitrogens with zero attached hydrogens (tertiary/aromatic N) is 5. The fraction of sp³-hybridized carbons (Fsp3) is 0.394. The van der Waals surface area contributed by atoms with Gasteiger partial charge in [0.2, 0.25) is 11.8 Å². The molecule has 44 heavy (non-hydrogen) atoms. The second-order valence-electron chi connectivity index (χ2n) is 11.1. The van der Waals surface area contributed by atoms with Crippen LogP contribution in [0.2, 0.25) is 0 Å². The van der Waals surface area contributed by atoms with Crippen molar-refractivity contribution in [3.63, 3.8) is 0 Å². The number of hydrogen-bond donors (Lipinski definition) is 2. The Bertz CT molecular complexity index is 1480. The molecule has 2 aliphatic heterocycles. The Labute approximate surface area is 258 Å². The van der Waals surface area contributed by atoms with Gasteiger partial charge in [-0.3, -0.25) is 14.5 Å². The Balaban J connectivity index is 1.31. The maximum Gasteiger partial charge on any atom is 0.247 e. The molecule has 0 saturated carbocycles. The van der Waals surface area contributed by atoms with E-state index in [2.05, 4.69) is 48.9 Å². The van der Waals surface area contributed by atoms with Gasteiger partial charge in [0.05, 0.1) is 12.8 Å². The van der Waals surface area contributed by atoms with Crippen molar-refractivity contribution in [3.8, 4) is 17.4 Å². The van der Waals surface area contributed by atoms with E-state index < -0.39 is 0 Å². The van der Waals surface area contributed by atoms with Crippen molar-refractivity contribution in [2.24, 2.45) is 0 Å². The zero-order valence-corrected chi connectivity index (χ0v) is 25.7. The number of likely N-dealkylation sites (N-methyl/N-ethyl adjacent to an activating group) is 1. The minimum absolute atomic E-state index is 0.176. The number of carbonyl (C=O) groups is 2. The van der Waals surface area contributed by atoms with Crippen LogP contribution in [-0.4, -0.2) is 91.4 Å². The Morgan fingerprint density at radius 1 is 1.05 bits per heavy atom. The number of ether oxygens (including phenoxy) is 2. The number of carbonyl (C=O) groups excluding carboxylic acids is 2. The molecule has 0 unspecified atom stereocenters. The fourth-order valence-electron chi connectivity index (χ4n) is 5.71. The van der Waals surface area contributed by atoms with Gasteiger partial charge in [0.15, 0.2) is 12.1 Å². The van der Waals surface area contributed by atoms with Gasteiger partial charge in [-0.15, -0.1) is 0 Å². The summed E-state index contributed by atoms with van der Waals surface area (Å²) in [5.41, 5.74) is 3.02. The average molecular weight is 600 g/mol. The maximum absolute atomic E-state index is 12.0. The number of aldehydes is 1. The van der Waals surface area contributed by atoms with Crippen molar-refractivity contribution in [2.45, 2.75) is 32.2 Å². The number of aryl methyl sites for hydroxylation is 1. The minimum atomic E-state index is -0.324. The van der Waals surface area contributed by atoms with Gasteiger partial charge in [0.1, 0.15) is 22.9 Å². The molecule has 2 fully saturated rings. The molecule has 0 aliphatic carbocycles. The quantitative estimate of drug-likeness (QED) is 0.237. The second-order valence-corrected chi connectivity index (χ2v) is 11.1. The normalized spacial score (nSPS) is 16.3. The van der Waals surface area contributed by atoms with Gasteiger partial charge >= 0.3 is 0 Å². The molecule has 3 aromatic rings. The third-order valence-electron chi connectivity index (χ3n) is 8.21. The van der Waals surface area contributed by atoms with E-state index in [9.17, 15) is 9.59 Å². The van der Waals surface area contributed by atoms with Crippen molar-refractivity contribution in [1.82, 2.24) is 19.8 Å². The highest BCUT2D eigenvalue weighted by Gasteiger charge is 2.28. The molecule has 0 spiro atoms. The number of benzene rings is 2. The van der Waals surface area contributed by atoms with Gasteiger partial charge in [-0.2, -0.15) is 4.98 Å². The lowest BCUT2D eigenvalue weighted by molar-refractivity contribution is -0.111. The lowest BCUT2D eigenvalue weighted by Gasteiger charge is -2.42. The van der Waals surface area contributed by atoms with E-state index in [0.717, 1.165) is 63.5 Å². The molecule has 1 aromatic heterocycles. The third kappa shape index (κ3) is 7.35. The van der Waals surface area contributed by atoms with Crippen LogP contribution in [0.3, 0.4) is 0 Å². The van der Waals surface area contributed by atoms with Crippen LogP contribution in [0.4, 0.5) is 22.9 Å². The predicted octanol–water partition coefficient (Wildman–Crippen LogP) is 4.74. The molecule has 2 saturated heterocycles. The van der Waals surface area contributed by atoms with Gasteiger partial charge in [0, 0.05) is 68.8 Å². The number of piperazine rings is 1. The van der Waals surface area contributed by atoms with Gasteiger partial charge in [-0.1, -0.05) is 19.6 Å². The Morgan fingerprint density at radius 2 is 1.82 bits per heavy atom. The van der Waals surface area contributed by atoms with Crippen LogP contribution in [0.5, 0.6) is 17.4 Å². The van der Waals surface area contributed by atoms with Crippen LogP contribution in [0.15, 0.2) is 55.1 Å². The molecule has 232 valence electrons. The molecule has 0 radical (unpaired) electrons. The van der Waals surface area contributed by atoms with Crippen LogP contribution < -0.4 is 25.0 Å². The number of piperidine rings is 1. The van der Waals surface area contributed by atoms with E-state index in [1.54, 1.807) is 31.4 Å². The molecule has 1 amide bonds. The predicted molar refractivity (Wildman–Crippen MR) is 173 cm³/mol. The summed E-state index contributed by atoms with van der Waals surface area (Å²) in [6.45, 7) is 11.9. The zero-order chi connectivity index (χ0) is 31.1. The minimum Gasteiger partial charge on any atom is -0.495 e. The fourth-order valence-corrected chi connectivity index (χ4v) is 5.71. The lowest BCUT2D eigenvalue weighted by Crippen LogP contribution is -2.52. The first-order chi connectivity index (χ1) is 21.4. The van der Waals surface area contributed by atoms with Gasteiger partial charge in [0.25, 0.3) is 0 Å². The van der Waals surface area contributed by atoms with E-state index in [1.807, 2.05) is 25.1 Å². The highest BCUT2D eigenvalue weighted by molar-refractivity contribution is 5.99. The number of methoxy groups -OCH3 is 1. The van der Waals surface area contributed by atoms with E-state index in [4.69, 9.17) is 9.47 Å². The van der Waals surface area contributed by atoms with Gasteiger partial charge in [-0.05, 0) is 56.7 Å². The first-order valence-electron chi connectivity index (χ1n) is 15.1. The van der Waals surface area contributed by atoms with E-state index in [-0.39, 0.29) is 23.3 Å². The topological polar surface area (TPSA) is 112 Å². The summed E-state index contributed by atoms with van der Waals surface area (Å²) in [7, 11) is 3.86. The SMILES string of the molecule is C=CC(=O)Nc1cccc(Oc2nc(Nc3ccc(N4CCC(N5CCN(C)CC5)CC4)c(OC)c3)c(C=O)nc2CC)c1. The highest BCUT2D eigenvalue weighted by atomic mass is 16.5. The molecule has 11 nitrogen and oxygen atoms in total. The highest BCUT2D eigenvalue weighted by Crippen LogP contribution is 2.35. The van der Waals surface area contributed by atoms with Crippen molar-refractivity contribution in [3.05, 3.63) is 66.5 Å². The Kier molecular flexibility index (Phi) is 10.1. The van der Waals surface area contributed by atoms with Crippen molar-refractivity contribution < 1.29 is 19.1 Å². The first kappa shape index (κ1) is 31.0. The van der Waals surface area contributed by atoms with Crippen LogP contribution in [0, 0.1) is 0 Å². The van der Waals surface area contributed by atoms with Crippen LogP contribution in [-0.2, 0) is 11.2 Å². The van der Waals surface area contributed by atoms with Crippen molar-refractivity contribution in [2.75, 3.05) is 69.0 Å². The molecule has 2 N–H and O–H groups in total. The average Bonchev–Trinajstić information content (AvgIpc) is 3.05. The molecule has 0 bridgehead atoms. The molecule has 11 heteroatoms. The summed E-state index contributed by atoms with van der Waals surface area (Å²) in [5.74, 6) is 1.41. The Morgan fingerprint density at radius 3 is 2.50 bits per heavy atom. The van der Waals surface area contributed by atoms with E-state index >= 15 is 0 Å². The monoisotopic (exact) mass is 599 g/mol. The van der Waals surface area contributed by atoms with Gasteiger partial charge < -0.3 is 29.9 Å².